The van der Waals surface area contributed by atoms with Crippen LogP contribution >= 0.6 is 0 Å². The van der Waals surface area contributed by atoms with Crippen LogP contribution in [0.4, 0.5) is 0 Å². The lowest BCUT2D eigenvalue weighted by atomic mass is 9.98. The van der Waals surface area contributed by atoms with Crippen molar-refractivity contribution in [3.05, 3.63) is 35.4 Å². The van der Waals surface area contributed by atoms with Crippen LogP contribution in [0.2, 0.25) is 0 Å². The van der Waals surface area contributed by atoms with E-state index < -0.39 is 11.6 Å². The van der Waals surface area contributed by atoms with Crippen LogP contribution in [0.1, 0.15) is 36.9 Å². The van der Waals surface area contributed by atoms with Crippen LogP contribution in [0.3, 0.4) is 0 Å². The summed E-state index contributed by atoms with van der Waals surface area (Å²) in [5.41, 5.74) is 1.69. The molecule has 0 radical (unpaired) electrons. The van der Waals surface area contributed by atoms with Crippen LogP contribution in [0.15, 0.2) is 24.3 Å². The molecule has 3 N–H and O–H groups in total. The number of aliphatic hydroxyl groups excluding tert-OH is 1. The fraction of sp³-hybridized carbons (Fsp3) is 0.533. The van der Waals surface area contributed by atoms with Crippen molar-refractivity contribution in [2.75, 3.05) is 6.54 Å². The number of hydrogen-bond donors (Lipinski definition) is 3. The fourth-order valence-corrected chi connectivity index (χ4v) is 3.14. The van der Waals surface area contributed by atoms with E-state index in [9.17, 15) is 9.90 Å². The van der Waals surface area contributed by atoms with Crippen molar-refractivity contribution < 1.29 is 9.90 Å². The lowest BCUT2D eigenvalue weighted by Gasteiger charge is -2.27. The van der Waals surface area contributed by atoms with E-state index in [1.807, 2.05) is 31.2 Å². The Morgan fingerprint density at radius 2 is 2.26 bits per heavy atom. The first-order valence-electron chi connectivity index (χ1n) is 6.92. The first-order valence-corrected chi connectivity index (χ1v) is 6.92. The van der Waals surface area contributed by atoms with Gasteiger partial charge in [0, 0.05) is 6.42 Å². The number of nitrogens with one attached hydrogen (secondary N) is 2. The third kappa shape index (κ3) is 2.15. The maximum atomic E-state index is 12.4. The average Bonchev–Trinajstić information content (AvgIpc) is 2.96. The van der Waals surface area contributed by atoms with Crippen LogP contribution in [0.25, 0.3) is 0 Å². The Morgan fingerprint density at radius 1 is 1.47 bits per heavy atom. The van der Waals surface area contributed by atoms with E-state index in [4.69, 9.17) is 0 Å². The van der Waals surface area contributed by atoms with Crippen molar-refractivity contribution >= 4 is 5.91 Å². The first-order chi connectivity index (χ1) is 9.10. The molecule has 1 aliphatic heterocycles. The minimum Gasteiger partial charge on any atom is -0.390 e. The van der Waals surface area contributed by atoms with E-state index in [2.05, 4.69) is 10.6 Å². The monoisotopic (exact) mass is 260 g/mol. The molecule has 1 aromatic carbocycles. The number of benzene rings is 1. The van der Waals surface area contributed by atoms with Gasteiger partial charge in [0.2, 0.25) is 5.91 Å². The molecule has 1 aliphatic carbocycles. The lowest BCUT2D eigenvalue weighted by molar-refractivity contribution is -0.128. The molecule has 3 atom stereocenters. The summed E-state index contributed by atoms with van der Waals surface area (Å²) in [5.74, 6) is -0.00856. The van der Waals surface area contributed by atoms with Crippen LogP contribution in [-0.4, -0.2) is 29.2 Å². The van der Waals surface area contributed by atoms with Gasteiger partial charge in [0.1, 0.15) is 0 Å². The summed E-state index contributed by atoms with van der Waals surface area (Å²) in [6, 6.07) is 7.64. The Kier molecular flexibility index (Phi) is 3.07. The largest absolute Gasteiger partial charge is 0.390 e. The molecule has 1 saturated heterocycles. The van der Waals surface area contributed by atoms with E-state index in [0.29, 0.717) is 6.42 Å². The summed E-state index contributed by atoms with van der Waals surface area (Å²) in [6.45, 7) is 2.82. The topological polar surface area (TPSA) is 61.4 Å². The molecule has 19 heavy (non-hydrogen) atoms. The number of hydrogen-bond acceptors (Lipinski definition) is 3. The molecule has 0 bridgehead atoms. The highest BCUT2D eigenvalue weighted by atomic mass is 16.3. The lowest BCUT2D eigenvalue weighted by Crippen LogP contribution is -2.52. The summed E-state index contributed by atoms with van der Waals surface area (Å²) in [6.07, 6.45) is 1.97. The van der Waals surface area contributed by atoms with Gasteiger partial charge in [0.05, 0.1) is 17.7 Å². The second-order valence-electron chi connectivity index (χ2n) is 5.78. The van der Waals surface area contributed by atoms with Gasteiger partial charge >= 0.3 is 0 Å². The molecular formula is C15H20N2O2. The summed E-state index contributed by atoms with van der Waals surface area (Å²) in [4.78, 5) is 12.4. The summed E-state index contributed by atoms with van der Waals surface area (Å²) >= 11 is 0. The molecule has 4 nitrogen and oxygen atoms in total. The quantitative estimate of drug-likeness (QED) is 0.740. The molecule has 4 heteroatoms. The molecule has 102 valence electrons. The van der Waals surface area contributed by atoms with Crippen molar-refractivity contribution in [3.8, 4) is 0 Å². The van der Waals surface area contributed by atoms with E-state index in [0.717, 1.165) is 30.5 Å². The molecule has 1 unspecified atom stereocenters. The molecule has 0 spiro atoms. The fourth-order valence-electron chi connectivity index (χ4n) is 3.14. The molecule has 3 rings (SSSR count). The zero-order valence-corrected chi connectivity index (χ0v) is 11.1. The number of fused-ring (bicyclic) bond motifs is 1. The second kappa shape index (κ2) is 4.62. The molecule has 1 aromatic rings. The van der Waals surface area contributed by atoms with Gasteiger partial charge in [0.15, 0.2) is 0 Å². The standard InChI is InChI=1S/C15H20N2O2/c1-15(7-4-8-16-15)14(19)17-13-11-6-3-2-5-10(11)9-12(13)18/h2-3,5-6,12-13,16,18H,4,7-9H2,1H3,(H,17,19)/t12-,13+,15?/m1/s1. The Labute approximate surface area is 113 Å². The number of amides is 1. The second-order valence-corrected chi connectivity index (χ2v) is 5.78. The SMILES string of the molecule is CC1(C(=O)N[C@H]2c3ccccc3C[C@H]2O)CCCN1. The third-order valence-corrected chi connectivity index (χ3v) is 4.36. The summed E-state index contributed by atoms with van der Waals surface area (Å²) in [7, 11) is 0. The first kappa shape index (κ1) is 12.6. The highest BCUT2D eigenvalue weighted by molar-refractivity contribution is 5.86. The van der Waals surface area contributed by atoms with Crippen molar-refractivity contribution in [1.29, 1.82) is 0 Å². The van der Waals surface area contributed by atoms with Gasteiger partial charge in [-0.3, -0.25) is 4.79 Å². The number of carbonyl (C=O) groups is 1. The molecular weight excluding hydrogens is 240 g/mol. The number of carbonyl (C=O) groups excluding carboxylic acids is 1. The highest BCUT2D eigenvalue weighted by Gasteiger charge is 2.39. The average molecular weight is 260 g/mol. The van der Waals surface area contributed by atoms with Gasteiger partial charge in [-0.1, -0.05) is 24.3 Å². The Balaban J connectivity index is 1.78. The molecule has 0 aromatic heterocycles. The van der Waals surface area contributed by atoms with E-state index in [-0.39, 0.29) is 11.9 Å². The molecule has 2 aliphatic rings. The van der Waals surface area contributed by atoms with E-state index in [1.54, 1.807) is 0 Å². The van der Waals surface area contributed by atoms with Gasteiger partial charge in [-0.15, -0.1) is 0 Å². The highest BCUT2D eigenvalue weighted by Crippen LogP contribution is 2.32. The summed E-state index contributed by atoms with van der Waals surface area (Å²) < 4.78 is 0. The normalized spacial score (nSPS) is 33.2. The Hall–Kier alpha value is -1.39. The summed E-state index contributed by atoms with van der Waals surface area (Å²) in [5, 5.41) is 16.4. The van der Waals surface area contributed by atoms with Crippen LogP contribution in [-0.2, 0) is 11.2 Å². The predicted molar refractivity (Wildman–Crippen MR) is 72.7 cm³/mol. The smallest absolute Gasteiger partial charge is 0.240 e. The Bertz CT molecular complexity index is 495. The maximum absolute atomic E-state index is 12.4. The zero-order chi connectivity index (χ0) is 13.5. The van der Waals surface area contributed by atoms with Gasteiger partial charge in [-0.05, 0) is 37.4 Å². The molecule has 1 heterocycles. The Morgan fingerprint density at radius 3 is 3.00 bits per heavy atom. The van der Waals surface area contributed by atoms with Crippen LogP contribution in [0, 0.1) is 0 Å². The minimum absolute atomic E-state index is 0.00856. The van der Waals surface area contributed by atoms with Crippen molar-refractivity contribution in [2.24, 2.45) is 0 Å². The van der Waals surface area contributed by atoms with Crippen molar-refractivity contribution in [3.63, 3.8) is 0 Å². The number of rotatable bonds is 2. The zero-order valence-electron chi connectivity index (χ0n) is 11.1. The van der Waals surface area contributed by atoms with E-state index >= 15 is 0 Å². The van der Waals surface area contributed by atoms with Gasteiger partial charge in [-0.2, -0.15) is 0 Å². The van der Waals surface area contributed by atoms with Gasteiger partial charge in [0.25, 0.3) is 0 Å². The van der Waals surface area contributed by atoms with Crippen molar-refractivity contribution in [1.82, 2.24) is 10.6 Å². The number of aliphatic hydroxyl groups is 1. The van der Waals surface area contributed by atoms with Crippen LogP contribution < -0.4 is 10.6 Å². The molecule has 1 fully saturated rings. The van der Waals surface area contributed by atoms with Crippen LogP contribution in [0.5, 0.6) is 0 Å². The third-order valence-electron chi connectivity index (χ3n) is 4.36. The van der Waals surface area contributed by atoms with Crippen molar-refractivity contribution in [2.45, 2.75) is 43.9 Å². The maximum Gasteiger partial charge on any atom is 0.240 e. The molecule has 0 saturated carbocycles. The van der Waals surface area contributed by atoms with Gasteiger partial charge in [-0.25, -0.2) is 0 Å². The predicted octanol–water partition coefficient (Wildman–Crippen LogP) is 0.903. The van der Waals surface area contributed by atoms with E-state index in [1.165, 1.54) is 0 Å². The molecule has 1 amide bonds. The van der Waals surface area contributed by atoms with Gasteiger partial charge < -0.3 is 15.7 Å². The minimum atomic E-state index is -0.522.